The molecule has 2 aromatic carbocycles. The van der Waals surface area contributed by atoms with Gasteiger partial charge in [0.25, 0.3) is 0 Å². The first kappa shape index (κ1) is 19.4. The lowest BCUT2D eigenvalue weighted by Crippen LogP contribution is -2.23. The molecule has 0 heterocycles. The van der Waals surface area contributed by atoms with Crippen LogP contribution in [-0.2, 0) is 4.79 Å². The Morgan fingerprint density at radius 2 is 1.80 bits per heavy atom. The lowest BCUT2D eigenvalue weighted by atomic mass is 10.1. The molecule has 2 rings (SSSR count). The summed E-state index contributed by atoms with van der Waals surface area (Å²) in [5, 5.41) is 17.1. The Morgan fingerprint density at radius 3 is 2.48 bits per heavy atom. The van der Waals surface area contributed by atoms with Gasteiger partial charge in [-0.2, -0.15) is 10.4 Å². The van der Waals surface area contributed by atoms with Crippen molar-refractivity contribution >= 4 is 69.9 Å². The highest BCUT2D eigenvalue weighted by Crippen LogP contribution is 2.26. The normalized spacial score (nSPS) is 11.8. The minimum absolute atomic E-state index is 0.291. The summed E-state index contributed by atoms with van der Waals surface area (Å²) in [5.74, 6) is -1.69. The van der Waals surface area contributed by atoms with Gasteiger partial charge in [0.15, 0.2) is 5.92 Å². The van der Waals surface area contributed by atoms with Crippen LogP contribution in [0.5, 0.6) is 0 Å². The van der Waals surface area contributed by atoms with Crippen molar-refractivity contribution in [3.8, 4) is 6.07 Å². The Bertz CT molecular complexity index is 864. The van der Waals surface area contributed by atoms with E-state index >= 15 is 0 Å². The van der Waals surface area contributed by atoms with E-state index in [1.807, 2.05) is 6.07 Å². The van der Waals surface area contributed by atoms with Gasteiger partial charge in [-0.1, -0.05) is 46.4 Å². The summed E-state index contributed by atoms with van der Waals surface area (Å²) in [6.07, 6.45) is 1.16. The number of nitrogens with one attached hydrogen (secondary N) is 2. The highest BCUT2D eigenvalue weighted by molar-refractivity contribution is 6.42. The van der Waals surface area contributed by atoms with Crippen LogP contribution in [0.3, 0.4) is 0 Å². The smallest absolute Gasteiger partial charge is 0.247 e. The van der Waals surface area contributed by atoms with E-state index in [1.165, 1.54) is 12.1 Å². The lowest BCUT2D eigenvalue weighted by molar-refractivity contribution is -0.116. The number of carbonyl (C=O) groups is 1. The number of benzene rings is 2. The summed E-state index contributed by atoms with van der Waals surface area (Å²) >= 11 is 23.5. The molecule has 0 saturated carbocycles. The number of carbonyl (C=O) groups excluding carboxylic acids is 1. The zero-order chi connectivity index (χ0) is 18.4. The fourth-order valence-corrected chi connectivity index (χ4v) is 2.35. The predicted octanol–water partition coefficient (Wildman–Crippen LogP) is 5.48. The van der Waals surface area contributed by atoms with E-state index in [0.29, 0.717) is 31.5 Å². The van der Waals surface area contributed by atoms with E-state index in [9.17, 15) is 4.79 Å². The van der Waals surface area contributed by atoms with Crippen molar-refractivity contribution in [1.29, 1.82) is 5.26 Å². The van der Waals surface area contributed by atoms with E-state index < -0.39 is 11.8 Å². The molecule has 2 aromatic rings. The maximum absolute atomic E-state index is 12.1. The van der Waals surface area contributed by atoms with Gasteiger partial charge < -0.3 is 5.32 Å². The van der Waals surface area contributed by atoms with Crippen LogP contribution in [0, 0.1) is 17.2 Å². The zero-order valence-electron chi connectivity index (χ0n) is 12.4. The third kappa shape index (κ3) is 5.52. The third-order valence-corrected chi connectivity index (χ3v) is 4.25. The Labute approximate surface area is 164 Å². The van der Waals surface area contributed by atoms with Crippen LogP contribution in [-0.4, -0.2) is 12.1 Å². The molecule has 1 amide bonds. The SMILES string of the molecule is N#CC(/C=N/Nc1cc(Cl)ccc1Cl)C(=O)Nc1ccc(Cl)c(Cl)c1. The summed E-state index contributed by atoms with van der Waals surface area (Å²) in [5.41, 5.74) is 3.50. The van der Waals surface area contributed by atoms with E-state index in [-0.39, 0.29) is 0 Å². The Hall–Kier alpha value is -1.97. The minimum atomic E-state index is -1.13. The second-order valence-electron chi connectivity index (χ2n) is 4.74. The van der Waals surface area contributed by atoms with Crippen molar-refractivity contribution in [2.45, 2.75) is 0 Å². The first-order chi connectivity index (χ1) is 11.9. The molecule has 9 heteroatoms. The molecule has 0 aliphatic carbocycles. The molecule has 0 aliphatic heterocycles. The van der Waals surface area contributed by atoms with Crippen LogP contribution in [0.25, 0.3) is 0 Å². The van der Waals surface area contributed by atoms with Crippen LogP contribution >= 0.6 is 46.4 Å². The largest absolute Gasteiger partial charge is 0.325 e. The number of hydrogen-bond acceptors (Lipinski definition) is 4. The Morgan fingerprint density at radius 1 is 1.08 bits per heavy atom. The van der Waals surface area contributed by atoms with Crippen LogP contribution in [0.2, 0.25) is 20.1 Å². The van der Waals surface area contributed by atoms with Crippen molar-refractivity contribution in [2.75, 3.05) is 10.7 Å². The quantitative estimate of drug-likeness (QED) is 0.501. The fourth-order valence-electron chi connectivity index (χ4n) is 1.72. The summed E-state index contributed by atoms with van der Waals surface area (Å²) in [7, 11) is 0. The zero-order valence-corrected chi connectivity index (χ0v) is 15.5. The molecular formula is C16H10Cl4N4O. The number of anilines is 2. The predicted molar refractivity (Wildman–Crippen MR) is 103 cm³/mol. The monoisotopic (exact) mass is 414 g/mol. The molecule has 0 aliphatic rings. The maximum atomic E-state index is 12.1. The van der Waals surface area contributed by atoms with Gasteiger partial charge in [-0.05, 0) is 36.4 Å². The highest BCUT2D eigenvalue weighted by Gasteiger charge is 2.16. The molecule has 0 bridgehead atoms. The summed E-state index contributed by atoms with van der Waals surface area (Å²) < 4.78 is 0. The number of rotatable bonds is 5. The average Bonchev–Trinajstić information content (AvgIpc) is 2.58. The highest BCUT2D eigenvalue weighted by atomic mass is 35.5. The molecule has 0 radical (unpaired) electrons. The number of nitriles is 1. The van der Waals surface area contributed by atoms with Gasteiger partial charge in [0.2, 0.25) is 5.91 Å². The molecule has 5 nitrogen and oxygen atoms in total. The van der Waals surface area contributed by atoms with Gasteiger partial charge in [0.05, 0.1) is 33.0 Å². The fraction of sp³-hybridized carbons (Fsp3) is 0.0625. The molecule has 25 heavy (non-hydrogen) atoms. The molecule has 128 valence electrons. The Kier molecular flexibility index (Phi) is 6.91. The van der Waals surface area contributed by atoms with E-state index in [1.54, 1.807) is 24.3 Å². The van der Waals surface area contributed by atoms with Crippen molar-refractivity contribution in [3.63, 3.8) is 0 Å². The van der Waals surface area contributed by atoms with E-state index in [4.69, 9.17) is 51.7 Å². The molecule has 2 N–H and O–H groups in total. The second-order valence-corrected chi connectivity index (χ2v) is 6.40. The number of hydrogen-bond donors (Lipinski definition) is 2. The first-order valence-corrected chi connectivity index (χ1v) is 8.31. The van der Waals surface area contributed by atoms with Gasteiger partial charge in [0, 0.05) is 10.7 Å². The van der Waals surface area contributed by atoms with Gasteiger partial charge >= 0.3 is 0 Å². The molecule has 0 spiro atoms. The molecule has 1 unspecified atom stereocenters. The first-order valence-electron chi connectivity index (χ1n) is 6.80. The molecule has 0 aromatic heterocycles. The summed E-state index contributed by atoms with van der Waals surface area (Å²) in [4.78, 5) is 12.1. The number of amides is 1. The van der Waals surface area contributed by atoms with Gasteiger partial charge in [0.1, 0.15) is 0 Å². The third-order valence-electron chi connectivity index (χ3n) is 2.95. The van der Waals surface area contributed by atoms with Crippen molar-refractivity contribution in [2.24, 2.45) is 11.0 Å². The van der Waals surface area contributed by atoms with E-state index in [2.05, 4.69) is 15.8 Å². The van der Waals surface area contributed by atoms with Gasteiger partial charge in [-0.15, -0.1) is 0 Å². The van der Waals surface area contributed by atoms with Crippen molar-refractivity contribution < 1.29 is 4.79 Å². The molecule has 0 fully saturated rings. The maximum Gasteiger partial charge on any atom is 0.247 e. The number of nitrogens with zero attached hydrogens (tertiary/aromatic N) is 2. The van der Waals surface area contributed by atoms with Crippen molar-refractivity contribution in [3.05, 3.63) is 56.5 Å². The Balaban J connectivity index is 2.03. The topological polar surface area (TPSA) is 77.3 Å². The molecule has 0 saturated heterocycles. The van der Waals surface area contributed by atoms with Crippen LogP contribution in [0.15, 0.2) is 41.5 Å². The average molecular weight is 416 g/mol. The molecule has 1 atom stereocenters. The van der Waals surface area contributed by atoms with Crippen LogP contribution in [0.1, 0.15) is 0 Å². The standard InChI is InChI=1S/C16H10Cl4N4O/c17-10-1-3-13(19)15(5-10)24-22-8-9(7-21)16(25)23-11-2-4-12(18)14(20)6-11/h1-6,8-9,24H,(H,23,25)/b22-8+. The van der Waals surface area contributed by atoms with Crippen molar-refractivity contribution in [1.82, 2.24) is 0 Å². The minimum Gasteiger partial charge on any atom is -0.325 e. The number of hydrazone groups is 1. The summed E-state index contributed by atoms with van der Waals surface area (Å²) in [6, 6.07) is 11.2. The van der Waals surface area contributed by atoms with E-state index in [0.717, 1.165) is 6.21 Å². The molecular weight excluding hydrogens is 406 g/mol. The van der Waals surface area contributed by atoms with Crippen LogP contribution < -0.4 is 10.7 Å². The van der Waals surface area contributed by atoms with Gasteiger partial charge in [-0.3, -0.25) is 10.2 Å². The second kappa shape index (κ2) is 8.93. The number of halogens is 4. The van der Waals surface area contributed by atoms with Crippen LogP contribution in [0.4, 0.5) is 11.4 Å². The van der Waals surface area contributed by atoms with Gasteiger partial charge in [-0.25, -0.2) is 0 Å². The lowest BCUT2D eigenvalue weighted by Gasteiger charge is -2.08. The summed E-state index contributed by atoms with van der Waals surface area (Å²) in [6.45, 7) is 0.